The summed E-state index contributed by atoms with van der Waals surface area (Å²) < 4.78 is 0. The Hall–Kier alpha value is -1.75. The van der Waals surface area contributed by atoms with E-state index in [9.17, 15) is 9.90 Å². The molecule has 0 aromatic heterocycles. The van der Waals surface area contributed by atoms with Gasteiger partial charge in [-0.2, -0.15) is 0 Å². The van der Waals surface area contributed by atoms with Gasteiger partial charge in [-0.05, 0) is 18.2 Å². The van der Waals surface area contributed by atoms with E-state index >= 15 is 0 Å². The first-order chi connectivity index (χ1) is 6.50. The Morgan fingerprint density at radius 1 is 1.57 bits per heavy atom. The van der Waals surface area contributed by atoms with Crippen molar-refractivity contribution in [3.05, 3.63) is 28.8 Å². The number of rotatable bonds is 1. The molecule has 1 rings (SSSR count). The van der Waals surface area contributed by atoms with Gasteiger partial charge in [0.25, 0.3) is 5.91 Å². The molecule has 0 heterocycles. The van der Waals surface area contributed by atoms with Gasteiger partial charge in [-0.3, -0.25) is 15.5 Å². The fourth-order valence-corrected chi connectivity index (χ4v) is 1.05. The first-order valence-electron chi connectivity index (χ1n) is 3.64. The minimum Gasteiger partial charge on any atom is -0.507 e. The van der Waals surface area contributed by atoms with Gasteiger partial charge in [-0.1, -0.05) is 11.6 Å². The second-order valence-electron chi connectivity index (χ2n) is 2.53. The van der Waals surface area contributed by atoms with Crippen molar-refractivity contribution in [1.29, 1.82) is 5.41 Å². The fourth-order valence-electron chi connectivity index (χ4n) is 0.880. The highest BCUT2D eigenvalue weighted by atomic mass is 35.5. The normalized spacial score (nSPS) is 9.50. The predicted octanol–water partition coefficient (Wildman–Crippen LogP) is 0.669. The number of amides is 1. The number of phenolic OH excluding ortho intramolecular Hbond substituents is 1. The van der Waals surface area contributed by atoms with Gasteiger partial charge in [0.1, 0.15) is 5.75 Å². The summed E-state index contributed by atoms with van der Waals surface area (Å²) >= 11 is 5.62. The zero-order valence-corrected chi connectivity index (χ0v) is 7.80. The molecule has 1 aromatic carbocycles. The van der Waals surface area contributed by atoms with Crippen molar-refractivity contribution in [2.24, 2.45) is 5.73 Å². The summed E-state index contributed by atoms with van der Waals surface area (Å²) in [7, 11) is 0. The van der Waals surface area contributed by atoms with Crippen LogP contribution in [0.1, 0.15) is 10.4 Å². The maximum Gasteiger partial charge on any atom is 0.261 e. The van der Waals surface area contributed by atoms with E-state index in [0.29, 0.717) is 5.02 Å². The van der Waals surface area contributed by atoms with Crippen molar-refractivity contribution in [1.82, 2.24) is 5.32 Å². The Morgan fingerprint density at radius 3 is 2.79 bits per heavy atom. The number of nitrogens with one attached hydrogen (secondary N) is 2. The molecule has 0 aliphatic rings. The number of nitrogens with two attached hydrogens (primary N) is 1. The van der Waals surface area contributed by atoms with E-state index in [1.165, 1.54) is 18.2 Å². The molecule has 0 aliphatic carbocycles. The standard InChI is InChI=1S/C8H8ClN3O2/c9-4-1-2-6(13)5(3-4)7(14)12-8(10)11/h1-3,13H,(H4,10,11,12,14). The number of carbonyl (C=O) groups is 1. The zero-order chi connectivity index (χ0) is 10.7. The molecule has 0 bridgehead atoms. The summed E-state index contributed by atoms with van der Waals surface area (Å²) in [5, 5.41) is 18.5. The maximum atomic E-state index is 11.3. The average Bonchev–Trinajstić information content (AvgIpc) is 2.08. The van der Waals surface area contributed by atoms with Crippen molar-refractivity contribution in [3.8, 4) is 5.75 Å². The number of benzene rings is 1. The highest BCUT2D eigenvalue weighted by Crippen LogP contribution is 2.20. The SMILES string of the molecule is N=C(N)NC(=O)c1cc(Cl)ccc1O. The number of halogens is 1. The fraction of sp³-hybridized carbons (Fsp3) is 0. The third kappa shape index (κ3) is 2.37. The van der Waals surface area contributed by atoms with Crippen molar-refractivity contribution in [3.63, 3.8) is 0 Å². The van der Waals surface area contributed by atoms with Crippen LogP contribution in [-0.4, -0.2) is 17.0 Å². The Balaban J connectivity index is 3.00. The highest BCUT2D eigenvalue weighted by molar-refractivity contribution is 6.31. The Morgan fingerprint density at radius 2 is 2.21 bits per heavy atom. The number of guanidine groups is 1. The number of carbonyl (C=O) groups excluding carboxylic acids is 1. The molecule has 0 fully saturated rings. The van der Waals surface area contributed by atoms with Crippen LogP contribution in [0.25, 0.3) is 0 Å². The molecular formula is C8H8ClN3O2. The van der Waals surface area contributed by atoms with Crippen molar-refractivity contribution in [2.75, 3.05) is 0 Å². The molecule has 0 radical (unpaired) electrons. The molecule has 0 saturated carbocycles. The molecule has 1 aromatic rings. The minimum atomic E-state index is -0.669. The molecule has 0 unspecified atom stereocenters. The van der Waals surface area contributed by atoms with Gasteiger partial charge in [-0.25, -0.2) is 0 Å². The summed E-state index contributed by atoms with van der Waals surface area (Å²) in [5.41, 5.74) is 4.93. The molecular weight excluding hydrogens is 206 g/mol. The van der Waals surface area contributed by atoms with Crippen LogP contribution in [0, 0.1) is 5.41 Å². The first-order valence-corrected chi connectivity index (χ1v) is 4.02. The van der Waals surface area contributed by atoms with Crippen molar-refractivity contribution >= 4 is 23.5 Å². The van der Waals surface area contributed by atoms with E-state index in [1.54, 1.807) is 0 Å². The van der Waals surface area contributed by atoms with Crippen LogP contribution in [0.4, 0.5) is 0 Å². The van der Waals surface area contributed by atoms with Crippen LogP contribution in [-0.2, 0) is 0 Å². The smallest absolute Gasteiger partial charge is 0.261 e. The number of aromatic hydroxyl groups is 1. The lowest BCUT2D eigenvalue weighted by Gasteiger charge is -2.04. The Bertz CT molecular complexity index is 392. The summed E-state index contributed by atoms with van der Waals surface area (Å²) in [6.07, 6.45) is 0. The van der Waals surface area contributed by atoms with Crippen LogP contribution >= 0.6 is 11.6 Å². The van der Waals surface area contributed by atoms with Gasteiger partial charge in [-0.15, -0.1) is 0 Å². The first kappa shape index (κ1) is 10.3. The van der Waals surface area contributed by atoms with E-state index in [0.717, 1.165) is 0 Å². The van der Waals surface area contributed by atoms with Crippen LogP contribution < -0.4 is 11.1 Å². The molecule has 6 heteroatoms. The van der Waals surface area contributed by atoms with Crippen LogP contribution in [0.2, 0.25) is 5.02 Å². The quantitative estimate of drug-likeness (QED) is 0.408. The summed E-state index contributed by atoms with van der Waals surface area (Å²) in [4.78, 5) is 11.3. The molecule has 0 atom stereocenters. The summed E-state index contributed by atoms with van der Waals surface area (Å²) in [6, 6.07) is 4.02. The number of phenols is 1. The van der Waals surface area contributed by atoms with Gasteiger partial charge < -0.3 is 10.8 Å². The Kier molecular flexibility index (Phi) is 2.93. The molecule has 74 valence electrons. The van der Waals surface area contributed by atoms with E-state index in [1.807, 2.05) is 5.32 Å². The Labute approximate surface area is 85.0 Å². The minimum absolute atomic E-state index is 0.0206. The maximum absolute atomic E-state index is 11.3. The van der Waals surface area contributed by atoms with E-state index in [4.69, 9.17) is 22.7 Å². The lowest BCUT2D eigenvalue weighted by molar-refractivity contribution is 0.0974. The molecule has 5 nitrogen and oxygen atoms in total. The average molecular weight is 214 g/mol. The molecule has 0 aliphatic heterocycles. The van der Waals surface area contributed by atoms with Crippen molar-refractivity contribution in [2.45, 2.75) is 0 Å². The van der Waals surface area contributed by atoms with Crippen molar-refractivity contribution < 1.29 is 9.90 Å². The predicted molar refractivity (Wildman–Crippen MR) is 52.5 cm³/mol. The van der Waals surface area contributed by atoms with Gasteiger partial charge in [0.2, 0.25) is 0 Å². The molecule has 0 spiro atoms. The monoisotopic (exact) mass is 213 g/mol. The van der Waals surface area contributed by atoms with Gasteiger partial charge in [0.15, 0.2) is 5.96 Å². The topological polar surface area (TPSA) is 99.2 Å². The van der Waals surface area contributed by atoms with E-state index < -0.39 is 11.9 Å². The largest absolute Gasteiger partial charge is 0.507 e. The molecule has 1 amide bonds. The zero-order valence-electron chi connectivity index (χ0n) is 7.04. The number of hydrogen-bond donors (Lipinski definition) is 4. The second-order valence-corrected chi connectivity index (χ2v) is 2.97. The lowest BCUT2D eigenvalue weighted by atomic mass is 10.2. The van der Waals surface area contributed by atoms with Crippen LogP contribution in [0.15, 0.2) is 18.2 Å². The van der Waals surface area contributed by atoms with Crippen LogP contribution in [0.3, 0.4) is 0 Å². The summed E-state index contributed by atoms with van der Waals surface area (Å²) in [6.45, 7) is 0. The number of hydrogen-bond acceptors (Lipinski definition) is 3. The molecule has 5 N–H and O–H groups in total. The van der Waals surface area contributed by atoms with Gasteiger partial charge in [0.05, 0.1) is 5.56 Å². The lowest BCUT2D eigenvalue weighted by Crippen LogP contribution is -2.35. The second kappa shape index (κ2) is 3.97. The van der Waals surface area contributed by atoms with Crippen LogP contribution in [0.5, 0.6) is 5.75 Å². The summed E-state index contributed by atoms with van der Waals surface area (Å²) in [5.74, 6) is -1.37. The molecule has 0 saturated heterocycles. The molecule has 14 heavy (non-hydrogen) atoms. The van der Waals surface area contributed by atoms with E-state index in [-0.39, 0.29) is 11.3 Å². The van der Waals surface area contributed by atoms with Gasteiger partial charge in [0, 0.05) is 5.02 Å². The van der Waals surface area contributed by atoms with E-state index in [2.05, 4.69) is 0 Å². The van der Waals surface area contributed by atoms with Gasteiger partial charge >= 0.3 is 0 Å². The highest BCUT2D eigenvalue weighted by Gasteiger charge is 2.11. The third-order valence-electron chi connectivity index (χ3n) is 1.45. The third-order valence-corrected chi connectivity index (χ3v) is 1.69.